The van der Waals surface area contributed by atoms with Crippen LogP contribution in [0.2, 0.25) is 0 Å². The van der Waals surface area contributed by atoms with Gasteiger partial charge in [-0.3, -0.25) is 4.70 Å². The maximum absolute atomic E-state index is 13.1. The monoisotopic (exact) mass is 1080 g/mol. The van der Waals surface area contributed by atoms with E-state index in [0.717, 1.165) is 110 Å². The van der Waals surface area contributed by atoms with Gasteiger partial charge in [-0.15, -0.1) is 0 Å². The van der Waals surface area contributed by atoms with E-state index in [1.54, 1.807) is 35.4 Å². The lowest BCUT2D eigenvalue weighted by Gasteiger charge is -2.58. The summed E-state index contributed by atoms with van der Waals surface area (Å²) in [6.07, 6.45) is 32.6. The molecule has 0 radical (unpaired) electrons. The summed E-state index contributed by atoms with van der Waals surface area (Å²) in [6, 6.07) is 7.16. The van der Waals surface area contributed by atoms with E-state index in [1.807, 2.05) is 0 Å². The molecular weight excluding hydrogens is 956 g/mol. The second-order valence-electron chi connectivity index (χ2n) is 27.3. The molecule has 0 N–H and O–H groups in total. The van der Waals surface area contributed by atoms with Crippen molar-refractivity contribution < 1.29 is 33.2 Å². The molecule has 9 rings (SSSR count). The summed E-state index contributed by atoms with van der Waals surface area (Å²) in [7, 11) is 0. The molecule has 8 aliphatic rings. The molecule has 0 saturated heterocycles. The molecule has 0 aromatic heterocycles. The predicted octanol–water partition coefficient (Wildman–Crippen LogP) is 20.3. The van der Waals surface area contributed by atoms with Gasteiger partial charge in [0.2, 0.25) is 0 Å². The topological polar surface area (TPSA) is 71.1 Å². The molecule has 1 aromatic carbocycles. The van der Waals surface area contributed by atoms with Crippen LogP contribution in [0.15, 0.2) is 47.6 Å². The van der Waals surface area contributed by atoms with Crippen LogP contribution in [0.3, 0.4) is 0 Å². The normalized spacial score (nSPS) is 35.9. The highest BCUT2D eigenvalue weighted by Crippen LogP contribution is 2.69. The van der Waals surface area contributed by atoms with Crippen LogP contribution >= 0.6 is 0 Å². The Balaban J connectivity index is 0.00000290. The summed E-state index contributed by atoms with van der Waals surface area (Å²) in [5, 5.41) is 0. The molecule has 0 spiro atoms. The van der Waals surface area contributed by atoms with Gasteiger partial charge in [-0.1, -0.05) is 176 Å². The van der Waals surface area contributed by atoms with Gasteiger partial charge < -0.3 is 18.9 Å². The number of rotatable bonds is 18. The van der Waals surface area contributed by atoms with Crippen LogP contribution in [0.25, 0.3) is 0 Å². The molecule has 0 aliphatic heterocycles. The number of benzene rings is 1. The van der Waals surface area contributed by atoms with Gasteiger partial charge in [0, 0.05) is 12.8 Å². The second kappa shape index (κ2) is 28.7. The zero-order valence-corrected chi connectivity index (χ0v) is 46.4. The van der Waals surface area contributed by atoms with E-state index >= 15 is 0 Å². The van der Waals surface area contributed by atoms with Gasteiger partial charge >= 0.3 is 11.9 Å². The quantitative estimate of drug-likeness (QED) is 0.108. The number of esters is 2. The van der Waals surface area contributed by atoms with Crippen molar-refractivity contribution in [3.8, 4) is 11.5 Å². The summed E-state index contributed by atoms with van der Waals surface area (Å²) in [5.74, 6) is 10.4. The van der Waals surface area contributed by atoms with Gasteiger partial charge in [0.05, 0.1) is 0 Å². The average molecular weight is 1080 g/mol. The Hall–Kier alpha value is -2.83. The molecule has 8 aliphatic carbocycles. The highest BCUT2D eigenvalue weighted by atomic mass is 19.0. The van der Waals surface area contributed by atoms with E-state index in [1.165, 1.54) is 103 Å². The van der Waals surface area contributed by atoms with Crippen molar-refractivity contribution in [2.75, 3.05) is 13.2 Å². The van der Waals surface area contributed by atoms with Crippen LogP contribution < -0.4 is 9.47 Å². The minimum absolute atomic E-state index is 0. The third kappa shape index (κ3) is 14.3. The SMILES string of the molecule is C.C.C.C.C.C.CC(C)CCCC(C)C1CCC2C3CC=C4CC(OC(=O)COc5ccc(OCC(=O)OC6CCC7(C)C(=CCC8C7CCC7(C)C(C(C)CCCC(C)C)CCC87)C6)cc5)CCC4(C)C3CCC12C.F. The maximum Gasteiger partial charge on any atom is 0.344 e. The molecule has 77 heavy (non-hydrogen) atoms. The van der Waals surface area contributed by atoms with E-state index < -0.39 is 0 Å². The fraction of sp³-hybridized carbons (Fsp3) is 0.829. The maximum atomic E-state index is 13.1. The number of fused-ring (bicyclic) bond motifs is 10. The number of carbonyl (C=O) groups excluding carboxylic acids is 2. The molecule has 1 aromatic rings. The Morgan fingerprint density at radius 2 is 0.857 bits per heavy atom. The summed E-state index contributed by atoms with van der Waals surface area (Å²) < 4.78 is 24.0. The van der Waals surface area contributed by atoms with Crippen molar-refractivity contribution in [2.45, 2.75) is 267 Å². The first-order valence-electron chi connectivity index (χ1n) is 29.5. The van der Waals surface area contributed by atoms with Crippen molar-refractivity contribution in [3.05, 3.63) is 47.6 Å². The molecule has 0 bridgehead atoms. The molecule has 6 saturated carbocycles. The van der Waals surface area contributed by atoms with E-state index in [-0.39, 0.29) is 97.5 Å². The zero-order valence-electron chi connectivity index (χ0n) is 46.4. The van der Waals surface area contributed by atoms with Crippen LogP contribution in [0, 0.1) is 92.7 Å². The predicted molar refractivity (Wildman–Crippen MR) is 326 cm³/mol. The zero-order chi connectivity index (χ0) is 49.6. The third-order valence-corrected chi connectivity index (χ3v) is 22.7. The van der Waals surface area contributed by atoms with E-state index in [4.69, 9.17) is 18.9 Å². The van der Waals surface area contributed by atoms with E-state index in [0.29, 0.717) is 22.3 Å². The highest BCUT2D eigenvalue weighted by Gasteiger charge is 2.61. The van der Waals surface area contributed by atoms with Crippen LogP contribution in [-0.4, -0.2) is 37.4 Å². The fourth-order valence-electron chi connectivity index (χ4n) is 18.9. The summed E-state index contributed by atoms with van der Waals surface area (Å²) in [5.41, 5.74) is 4.52. The first-order valence-corrected chi connectivity index (χ1v) is 29.5. The number of hydrogen-bond donors (Lipinski definition) is 0. The van der Waals surface area contributed by atoms with Crippen LogP contribution in [0.5, 0.6) is 11.5 Å². The molecule has 16 unspecified atom stereocenters. The first-order chi connectivity index (χ1) is 33.4. The summed E-state index contributed by atoms with van der Waals surface area (Å²) in [4.78, 5) is 26.3. The van der Waals surface area contributed by atoms with E-state index in [9.17, 15) is 9.59 Å². The molecule has 0 heterocycles. The lowest BCUT2D eigenvalue weighted by molar-refractivity contribution is -0.154. The van der Waals surface area contributed by atoms with Gasteiger partial charge in [-0.05, 0) is 207 Å². The molecule has 0 amide bonds. The van der Waals surface area contributed by atoms with Gasteiger partial charge in [-0.25, -0.2) is 9.59 Å². The summed E-state index contributed by atoms with van der Waals surface area (Å²) in [6.45, 7) is 24.8. The largest absolute Gasteiger partial charge is 0.482 e. The second-order valence-corrected chi connectivity index (χ2v) is 27.3. The number of hydrogen-bond acceptors (Lipinski definition) is 6. The number of halogens is 1. The van der Waals surface area contributed by atoms with Crippen molar-refractivity contribution in [1.82, 2.24) is 0 Å². The lowest BCUT2D eigenvalue weighted by atomic mass is 9.47. The number of carbonyl (C=O) groups is 2. The minimum Gasteiger partial charge on any atom is -0.482 e. The van der Waals surface area contributed by atoms with E-state index in [2.05, 4.69) is 81.4 Å². The van der Waals surface area contributed by atoms with Crippen LogP contribution in [0.4, 0.5) is 4.70 Å². The Bertz CT molecular complexity index is 1900. The van der Waals surface area contributed by atoms with Crippen LogP contribution in [0.1, 0.15) is 255 Å². The van der Waals surface area contributed by atoms with Crippen molar-refractivity contribution >= 4 is 11.9 Å². The molecule has 6 nitrogen and oxygen atoms in total. The van der Waals surface area contributed by atoms with Gasteiger partial charge in [0.25, 0.3) is 0 Å². The third-order valence-electron chi connectivity index (χ3n) is 22.7. The van der Waals surface area contributed by atoms with Gasteiger partial charge in [-0.2, -0.15) is 0 Å². The number of ether oxygens (including phenoxy) is 4. The van der Waals surface area contributed by atoms with Crippen LogP contribution in [-0.2, 0) is 19.1 Å². The minimum atomic E-state index is -0.313. The molecule has 7 heteroatoms. The fourth-order valence-corrected chi connectivity index (χ4v) is 18.9. The Morgan fingerprint density at radius 3 is 1.21 bits per heavy atom. The Morgan fingerprint density at radius 1 is 0.494 bits per heavy atom. The van der Waals surface area contributed by atoms with Crippen molar-refractivity contribution in [2.24, 2.45) is 92.7 Å². The lowest BCUT2D eigenvalue weighted by Crippen LogP contribution is -2.51. The van der Waals surface area contributed by atoms with Crippen molar-refractivity contribution in [1.29, 1.82) is 0 Å². The smallest absolute Gasteiger partial charge is 0.344 e. The number of allylic oxidation sites excluding steroid dienone is 2. The molecular formula is C70H123FO6. The Kier molecular flexibility index (Phi) is 26.2. The average Bonchev–Trinajstić information content (AvgIpc) is 3.87. The van der Waals surface area contributed by atoms with Gasteiger partial charge in [0.1, 0.15) is 23.7 Å². The molecule has 16 atom stereocenters. The molecule has 6 fully saturated rings. The van der Waals surface area contributed by atoms with Crippen molar-refractivity contribution in [3.63, 3.8) is 0 Å². The highest BCUT2D eigenvalue weighted by molar-refractivity contribution is 5.72. The Labute approximate surface area is 475 Å². The van der Waals surface area contributed by atoms with Gasteiger partial charge in [0.15, 0.2) is 13.2 Å². The molecule has 446 valence electrons. The standard InChI is InChI=1S/C64H98O6.6CH4.FH/c1-41(2)13-11-15-43(5)53-25-27-55-51-23-17-45-37-49(29-33-61(45,7)57(51)31-35-63(53,55)9)69-59(65)39-67-47-19-21-48(22-20-47)68-40-60(66)70-50-30-34-62(8)46(38-50)18-24-52-56-28-26-54(44(6)16-12-14-42(3)4)64(56,10)36-32-58(52)62;;;;;;;/h17-22,41-44,49-58H,11-16,23-40H2,1-10H3;6*1H4;1H. The summed E-state index contributed by atoms with van der Waals surface area (Å²) >= 11 is 0. The first kappa shape index (κ1) is 70.3.